The largest absolute Gasteiger partial charge is 0.493 e. The first-order valence-corrected chi connectivity index (χ1v) is 12.1. The maximum absolute atomic E-state index is 12.1. The zero-order valence-corrected chi connectivity index (χ0v) is 22.6. The van der Waals surface area contributed by atoms with E-state index < -0.39 is 6.03 Å². The fourth-order valence-corrected chi connectivity index (χ4v) is 3.92. The number of nitrogens with zero attached hydrogens (tertiary/aromatic N) is 1. The number of nitrogens with one attached hydrogen (secondary N) is 2. The van der Waals surface area contributed by atoms with Crippen LogP contribution >= 0.6 is 54.5 Å². The van der Waals surface area contributed by atoms with Gasteiger partial charge in [0.2, 0.25) is 0 Å². The van der Waals surface area contributed by atoms with E-state index in [1.54, 1.807) is 19.2 Å². The summed E-state index contributed by atoms with van der Waals surface area (Å²) >= 11 is 9.23. The molecule has 0 heterocycles. The van der Waals surface area contributed by atoms with Gasteiger partial charge in [-0.2, -0.15) is 5.10 Å². The number of benzene rings is 3. The van der Waals surface area contributed by atoms with Gasteiger partial charge in [0.25, 0.3) is 0 Å². The van der Waals surface area contributed by atoms with E-state index in [1.807, 2.05) is 49.4 Å². The van der Waals surface area contributed by atoms with E-state index in [4.69, 9.17) is 9.47 Å². The molecule has 0 bridgehead atoms. The predicted molar refractivity (Wildman–Crippen MR) is 143 cm³/mol. The number of hydrogen-bond acceptors (Lipinski definition) is 4. The van der Waals surface area contributed by atoms with Crippen molar-refractivity contribution in [2.75, 3.05) is 12.4 Å². The summed E-state index contributed by atoms with van der Waals surface area (Å²) < 4.78 is 14.3. The zero-order chi connectivity index (χ0) is 23.1. The molecule has 0 radical (unpaired) electrons. The number of halogens is 3. The van der Waals surface area contributed by atoms with E-state index in [1.165, 1.54) is 9.78 Å². The van der Waals surface area contributed by atoms with E-state index in [0.717, 1.165) is 25.6 Å². The summed E-state index contributed by atoms with van der Waals surface area (Å²) in [5.74, 6) is 1.15. The minimum absolute atomic E-state index is 0.413. The standard InChI is InChI=1S/C23H20Br2IN3O3/c1-14-9-18(7-8-19(14)24)28-23(30)29-27-12-16-10-20(25)22(21(11-16)31-2)32-13-15-3-5-17(26)6-4-15/h3-12H,13H2,1-2H3,(H2,28,29,30)/b27-12+. The number of rotatable bonds is 7. The number of carbonyl (C=O) groups is 1. The van der Waals surface area contributed by atoms with Gasteiger partial charge in [0, 0.05) is 13.7 Å². The number of amides is 2. The normalized spacial score (nSPS) is 10.8. The Morgan fingerprint density at radius 1 is 1.09 bits per heavy atom. The van der Waals surface area contributed by atoms with Crippen molar-refractivity contribution in [2.45, 2.75) is 13.5 Å². The highest BCUT2D eigenvalue weighted by Gasteiger charge is 2.12. The lowest BCUT2D eigenvalue weighted by atomic mass is 10.2. The summed E-state index contributed by atoms with van der Waals surface area (Å²) in [6, 6.07) is 16.8. The summed E-state index contributed by atoms with van der Waals surface area (Å²) in [5, 5.41) is 6.75. The molecule has 0 aliphatic carbocycles. The Kier molecular flexibility index (Phi) is 8.94. The molecular weight excluding hydrogens is 653 g/mol. The number of urea groups is 1. The van der Waals surface area contributed by atoms with Crippen LogP contribution < -0.4 is 20.2 Å². The second-order valence-electron chi connectivity index (χ2n) is 6.74. The average Bonchev–Trinajstić information content (AvgIpc) is 2.76. The van der Waals surface area contributed by atoms with Crippen molar-refractivity contribution in [2.24, 2.45) is 5.10 Å². The van der Waals surface area contributed by atoms with E-state index in [0.29, 0.717) is 23.8 Å². The van der Waals surface area contributed by atoms with Crippen LogP contribution in [-0.4, -0.2) is 19.4 Å². The number of ether oxygens (including phenoxy) is 2. The third kappa shape index (κ3) is 6.94. The highest BCUT2D eigenvalue weighted by atomic mass is 127. The highest BCUT2D eigenvalue weighted by molar-refractivity contribution is 14.1. The number of hydrogen-bond donors (Lipinski definition) is 2. The Labute approximate surface area is 217 Å². The van der Waals surface area contributed by atoms with Crippen LogP contribution in [0.15, 0.2) is 68.6 Å². The van der Waals surface area contributed by atoms with Gasteiger partial charge in [-0.25, -0.2) is 10.2 Å². The minimum atomic E-state index is -0.438. The van der Waals surface area contributed by atoms with Crippen LogP contribution in [0.4, 0.5) is 10.5 Å². The number of methoxy groups -OCH3 is 1. The second kappa shape index (κ2) is 11.7. The first-order chi connectivity index (χ1) is 15.4. The van der Waals surface area contributed by atoms with E-state index in [2.05, 4.69) is 70.3 Å². The Balaban J connectivity index is 1.62. The van der Waals surface area contributed by atoms with E-state index >= 15 is 0 Å². The van der Waals surface area contributed by atoms with Gasteiger partial charge < -0.3 is 14.8 Å². The Morgan fingerprint density at radius 2 is 1.84 bits per heavy atom. The van der Waals surface area contributed by atoms with Gasteiger partial charge >= 0.3 is 6.03 Å². The van der Waals surface area contributed by atoms with Gasteiger partial charge in [-0.15, -0.1) is 0 Å². The molecule has 0 aromatic heterocycles. The van der Waals surface area contributed by atoms with Crippen molar-refractivity contribution in [3.63, 3.8) is 0 Å². The molecule has 166 valence electrons. The highest BCUT2D eigenvalue weighted by Crippen LogP contribution is 2.36. The molecule has 0 spiro atoms. The van der Waals surface area contributed by atoms with Crippen LogP contribution in [0, 0.1) is 10.5 Å². The molecule has 0 fully saturated rings. The first-order valence-electron chi connectivity index (χ1n) is 9.46. The minimum Gasteiger partial charge on any atom is -0.493 e. The monoisotopic (exact) mass is 671 g/mol. The summed E-state index contributed by atoms with van der Waals surface area (Å²) in [5.41, 5.74) is 5.94. The lowest BCUT2D eigenvalue weighted by molar-refractivity contribution is 0.252. The van der Waals surface area contributed by atoms with E-state index in [9.17, 15) is 4.79 Å². The average molecular weight is 673 g/mol. The molecule has 3 aromatic rings. The maximum Gasteiger partial charge on any atom is 0.339 e. The maximum atomic E-state index is 12.1. The lowest BCUT2D eigenvalue weighted by Gasteiger charge is -2.13. The molecule has 0 aliphatic heterocycles. The fourth-order valence-electron chi connectivity index (χ4n) is 2.74. The van der Waals surface area contributed by atoms with Crippen molar-refractivity contribution in [1.82, 2.24) is 5.43 Å². The number of aryl methyl sites for hydroxylation is 1. The smallest absolute Gasteiger partial charge is 0.339 e. The van der Waals surface area contributed by atoms with Crippen molar-refractivity contribution < 1.29 is 14.3 Å². The van der Waals surface area contributed by atoms with Crippen LogP contribution in [0.25, 0.3) is 0 Å². The van der Waals surface area contributed by atoms with Crippen LogP contribution in [-0.2, 0) is 6.61 Å². The molecule has 0 saturated heterocycles. The molecule has 32 heavy (non-hydrogen) atoms. The summed E-state index contributed by atoms with van der Waals surface area (Å²) in [7, 11) is 1.58. The SMILES string of the molecule is COc1cc(/C=N/NC(=O)Nc2ccc(Br)c(C)c2)cc(Br)c1OCc1ccc(I)cc1. The molecule has 0 aliphatic rings. The second-order valence-corrected chi connectivity index (χ2v) is 9.69. The van der Waals surface area contributed by atoms with E-state index in [-0.39, 0.29) is 0 Å². The van der Waals surface area contributed by atoms with Crippen LogP contribution in [0.3, 0.4) is 0 Å². The van der Waals surface area contributed by atoms with Gasteiger partial charge in [0.15, 0.2) is 11.5 Å². The molecule has 2 amide bonds. The number of carbonyl (C=O) groups excluding carboxylic acids is 1. The van der Waals surface area contributed by atoms with Gasteiger partial charge in [-0.05, 0) is 105 Å². The van der Waals surface area contributed by atoms with Crippen molar-refractivity contribution >= 4 is 72.4 Å². The number of hydrazone groups is 1. The first kappa shape index (κ1) is 24.5. The third-order valence-corrected chi connectivity index (χ3v) is 6.54. The number of anilines is 1. The molecular formula is C23H20Br2IN3O3. The molecule has 3 aromatic carbocycles. The van der Waals surface area contributed by atoms with Gasteiger partial charge in [-0.3, -0.25) is 0 Å². The molecule has 9 heteroatoms. The third-order valence-electron chi connectivity index (χ3n) is 4.34. The lowest BCUT2D eigenvalue weighted by Crippen LogP contribution is -2.24. The van der Waals surface area contributed by atoms with Gasteiger partial charge in [0.1, 0.15) is 6.61 Å². The van der Waals surface area contributed by atoms with Crippen molar-refractivity contribution in [3.05, 3.63) is 83.8 Å². The fraction of sp³-hybridized carbons (Fsp3) is 0.130. The molecule has 0 unspecified atom stereocenters. The summed E-state index contributed by atoms with van der Waals surface area (Å²) in [6.07, 6.45) is 1.53. The quantitative estimate of drug-likeness (QED) is 0.164. The van der Waals surface area contributed by atoms with Crippen molar-refractivity contribution in [1.29, 1.82) is 0 Å². The Hall–Kier alpha value is -2.11. The molecule has 3 rings (SSSR count). The Bertz CT molecular complexity index is 1140. The van der Waals surface area contributed by atoms with Gasteiger partial charge in [-0.1, -0.05) is 28.1 Å². The molecule has 2 N–H and O–H groups in total. The summed E-state index contributed by atoms with van der Waals surface area (Å²) in [4.78, 5) is 12.1. The zero-order valence-electron chi connectivity index (χ0n) is 17.3. The van der Waals surface area contributed by atoms with Gasteiger partial charge in [0.05, 0.1) is 17.8 Å². The van der Waals surface area contributed by atoms with Crippen LogP contribution in [0.2, 0.25) is 0 Å². The van der Waals surface area contributed by atoms with Crippen LogP contribution in [0.1, 0.15) is 16.7 Å². The summed E-state index contributed by atoms with van der Waals surface area (Å²) in [6.45, 7) is 2.36. The Morgan fingerprint density at radius 3 is 2.53 bits per heavy atom. The molecule has 0 atom stereocenters. The van der Waals surface area contributed by atoms with Crippen LogP contribution in [0.5, 0.6) is 11.5 Å². The van der Waals surface area contributed by atoms with Crippen molar-refractivity contribution in [3.8, 4) is 11.5 Å². The molecule has 0 saturated carbocycles. The topological polar surface area (TPSA) is 72.0 Å². The predicted octanol–water partition coefficient (Wildman–Crippen LogP) is 6.87. The molecule has 6 nitrogen and oxygen atoms in total.